The summed E-state index contributed by atoms with van der Waals surface area (Å²) >= 11 is 2.23. The molecule has 0 saturated carbocycles. The second kappa shape index (κ2) is 8.14. The van der Waals surface area contributed by atoms with Crippen LogP contribution in [0.1, 0.15) is 27.0 Å². The van der Waals surface area contributed by atoms with Crippen molar-refractivity contribution in [2.75, 3.05) is 0 Å². The van der Waals surface area contributed by atoms with E-state index in [4.69, 9.17) is 0 Å². The zero-order valence-electron chi connectivity index (χ0n) is 15.5. The van der Waals surface area contributed by atoms with Gasteiger partial charge in [-0.2, -0.15) is 0 Å². The van der Waals surface area contributed by atoms with E-state index in [1.165, 1.54) is 5.56 Å². The molecule has 0 fully saturated rings. The summed E-state index contributed by atoms with van der Waals surface area (Å²) in [4.78, 5) is 16.9. The minimum absolute atomic E-state index is 0.0398. The van der Waals surface area contributed by atoms with Crippen molar-refractivity contribution in [2.45, 2.75) is 20.0 Å². The number of nitrogens with zero attached hydrogens (tertiary/aromatic N) is 2. The number of halogens is 1. The van der Waals surface area contributed by atoms with Crippen LogP contribution in [-0.4, -0.2) is 15.5 Å². The molecule has 1 N–H and O–H groups in total. The monoisotopic (exact) mass is 481 g/mol. The van der Waals surface area contributed by atoms with Crippen LogP contribution in [0.25, 0.3) is 11.0 Å². The topological polar surface area (TPSA) is 46.9 Å². The lowest BCUT2D eigenvalue weighted by Crippen LogP contribution is -2.23. The van der Waals surface area contributed by atoms with Gasteiger partial charge >= 0.3 is 0 Å². The van der Waals surface area contributed by atoms with Crippen LogP contribution in [0.5, 0.6) is 0 Å². The second-order valence-electron chi connectivity index (χ2n) is 6.80. The van der Waals surface area contributed by atoms with Crippen molar-refractivity contribution in [1.29, 1.82) is 0 Å². The van der Waals surface area contributed by atoms with Gasteiger partial charge in [0.05, 0.1) is 22.9 Å². The molecular formula is C23H20IN3O. The van der Waals surface area contributed by atoms with Crippen molar-refractivity contribution in [3.63, 3.8) is 0 Å². The van der Waals surface area contributed by atoms with E-state index in [1.807, 2.05) is 49.6 Å². The Morgan fingerprint density at radius 1 is 1.00 bits per heavy atom. The number of carbonyl (C=O) groups is 1. The molecule has 0 aliphatic heterocycles. The lowest BCUT2D eigenvalue weighted by molar-refractivity contribution is 0.0950. The van der Waals surface area contributed by atoms with E-state index in [9.17, 15) is 4.79 Å². The third-order valence-corrected chi connectivity index (χ3v) is 6.22. The number of para-hydroxylation sites is 2. The van der Waals surface area contributed by atoms with Crippen LogP contribution in [-0.2, 0) is 13.1 Å². The highest BCUT2D eigenvalue weighted by Crippen LogP contribution is 2.17. The van der Waals surface area contributed by atoms with Gasteiger partial charge in [0, 0.05) is 16.7 Å². The number of nitrogens with one attached hydrogen (secondary N) is 1. The maximum absolute atomic E-state index is 12.5. The molecule has 0 spiro atoms. The quantitative estimate of drug-likeness (QED) is 0.411. The number of fused-ring (bicyclic) bond motifs is 1. The van der Waals surface area contributed by atoms with Crippen molar-refractivity contribution < 1.29 is 4.79 Å². The average molecular weight is 481 g/mol. The van der Waals surface area contributed by atoms with Gasteiger partial charge in [-0.05, 0) is 64.4 Å². The third kappa shape index (κ3) is 3.94. The first-order valence-corrected chi connectivity index (χ1v) is 10.2. The smallest absolute Gasteiger partial charge is 0.252 e. The molecule has 0 aliphatic carbocycles. The molecule has 0 radical (unpaired) electrons. The Bertz CT molecular complexity index is 1130. The molecule has 1 aromatic heterocycles. The Hall–Kier alpha value is -2.67. The molecule has 140 valence electrons. The number of aromatic nitrogens is 2. The summed E-state index contributed by atoms with van der Waals surface area (Å²) in [5.74, 6) is -0.0398. The van der Waals surface area contributed by atoms with Crippen LogP contribution in [0.15, 0.2) is 73.1 Å². The van der Waals surface area contributed by atoms with Gasteiger partial charge < -0.3 is 9.88 Å². The second-order valence-corrected chi connectivity index (χ2v) is 7.88. The minimum atomic E-state index is -0.0398. The molecule has 0 aliphatic rings. The first-order valence-electron chi connectivity index (χ1n) is 9.13. The predicted molar refractivity (Wildman–Crippen MR) is 120 cm³/mol. The van der Waals surface area contributed by atoms with E-state index in [0.29, 0.717) is 6.54 Å². The first-order chi connectivity index (χ1) is 13.6. The van der Waals surface area contributed by atoms with Crippen molar-refractivity contribution in [2.24, 2.45) is 0 Å². The molecule has 4 rings (SSSR count). The molecule has 1 heterocycles. The largest absolute Gasteiger partial charge is 0.348 e. The fourth-order valence-electron chi connectivity index (χ4n) is 3.20. The Balaban J connectivity index is 1.41. The Kier molecular flexibility index (Phi) is 5.43. The van der Waals surface area contributed by atoms with E-state index in [1.54, 1.807) is 0 Å². The summed E-state index contributed by atoms with van der Waals surface area (Å²) in [6, 6.07) is 22.3. The molecule has 4 aromatic rings. The Morgan fingerprint density at radius 2 is 1.75 bits per heavy atom. The van der Waals surface area contributed by atoms with Crippen molar-refractivity contribution in [1.82, 2.24) is 14.9 Å². The Labute approximate surface area is 177 Å². The predicted octanol–water partition coefficient (Wildman–Crippen LogP) is 4.93. The standard InChI is InChI=1S/C23H20IN3O/c1-16-5-4-6-19(22(16)24)23(28)25-13-17-9-11-18(12-10-17)14-27-15-26-20-7-2-3-8-21(20)27/h2-12,15H,13-14H2,1H3,(H,25,28). The van der Waals surface area contributed by atoms with Crippen LogP contribution in [0.4, 0.5) is 0 Å². The fourth-order valence-corrected chi connectivity index (χ4v) is 3.80. The van der Waals surface area contributed by atoms with Crippen LogP contribution in [0.2, 0.25) is 0 Å². The zero-order valence-corrected chi connectivity index (χ0v) is 17.7. The van der Waals surface area contributed by atoms with Crippen LogP contribution >= 0.6 is 22.6 Å². The molecule has 0 saturated heterocycles. The Morgan fingerprint density at radius 3 is 2.57 bits per heavy atom. The fraction of sp³-hybridized carbons (Fsp3) is 0.130. The number of benzene rings is 3. The highest BCUT2D eigenvalue weighted by atomic mass is 127. The molecule has 28 heavy (non-hydrogen) atoms. The van der Waals surface area contributed by atoms with Crippen molar-refractivity contribution in [3.05, 3.63) is 98.9 Å². The van der Waals surface area contributed by atoms with Crippen molar-refractivity contribution in [3.8, 4) is 0 Å². The van der Waals surface area contributed by atoms with Gasteiger partial charge in [-0.1, -0.05) is 48.5 Å². The average Bonchev–Trinajstić information content (AvgIpc) is 3.12. The molecule has 0 atom stereocenters. The summed E-state index contributed by atoms with van der Waals surface area (Å²) in [7, 11) is 0. The molecular weight excluding hydrogens is 461 g/mol. The van der Waals surface area contributed by atoms with Gasteiger partial charge in [0.25, 0.3) is 5.91 Å². The molecule has 3 aromatic carbocycles. The van der Waals surface area contributed by atoms with Gasteiger partial charge in [-0.25, -0.2) is 4.98 Å². The lowest BCUT2D eigenvalue weighted by atomic mass is 10.1. The molecule has 0 unspecified atom stereocenters. The maximum Gasteiger partial charge on any atom is 0.252 e. The van der Waals surface area contributed by atoms with Crippen LogP contribution in [0.3, 0.4) is 0 Å². The summed E-state index contributed by atoms with van der Waals surface area (Å²) in [5, 5.41) is 3.01. The number of aryl methyl sites for hydroxylation is 1. The lowest BCUT2D eigenvalue weighted by Gasteiger charge is -2.10. The van der Waals surface area contributed by atoms with Gasteiger partial charge in [-0.15, -0.1) is 0 Å². The van der Waals surface area contributed by atoms with Crippen LogP contribution < -0.4 is 5.32 Å². The summed E-state index contributed by atoms with van der Waals surface area (Å²) in [5.41, 5.74) is 6.26. The third-order valence-electron chi connectivity index (χ3n) is 4.79. The van der Waals surface area contributed by atoms with Crippen molar-refractivity contribution >= 4 is 39.5 Å². The summed E-state index contributed by atoms with van der Waals surface area (Å²) in [6.07, 6.45) is 1.88. The number of hydrogen-bond donors (Lipinski definition) is 1. The molecule has 0 bridgehead atoms. The summed E-state index contributed by atoms with van der Waals surface area (Å²) in [6.45, 7) is 3.30. The number of rotatable bonds is 5. The van der Waals surface area contributed by atoms with E-state index in [-0.39, 0.29) is 5.91 Å². The normalized spacial score (nSPS) is 10.9. The van der Waals surface area contributed by atoms with Gasteiger partial charge in [-0.3, -0.25) is 4.79 Å². The number of amides is 1. The first kappa shape index (κ1) is 18.7. The number of imidazole rings is 1. The highest BCUT2D eigenvalue weighted by Gasteiger charge is 2.11. The molecule has 1 amide bonds. The highest BCUT2D eigenvalue weighted by molar-refractivity contribution is 14.1. The SMILES string of the molecule is Cc1cccc(C(=O)NCc2ccc(Cn3cnc4ccccc43)cc2)c1I. The molecule has 5 heteroatoms. The van der Waals surface area contributed by atoms with E-state index in [0.717, 1.165) is 37.8 Å². The number of carbonyl (C=O) groups excluding carboxylic acids is 1. The summed E-state index contributed by atoms with van der Waals surface area (Å²) < 4.78 is 3.15. The maximum atomic E-state index is 12.5. The van der Waals surface area contributed by atoms with E-state index in [2.05, 4.69) is 67.8 Å². The zero-order chi connectivity index (χ0) is 19.5. The van der Waals surface area contributed by atoms with Gasteiger partial charge in [0.15, 0.2) is 0 Å². The van der Waals surface area contributed by atoms with Crippen LogP contribution in [0, 0.1) is 10.5 Å². The van der Waals surface area contributed by atoms with Gasteiger partial charge in [0.2, 0.25) is 0 Å². The molecule has 4 nitrogen and oxygen atoms in total. The minimum Gasteiger partial charge on any atom is -0.348 e. The van der Waals surface area contributed by atoms with E-state index < -0.39 is 0 Å². The number of hydrogen-bond acceptors (Lipinski definition) is 2. The van der Waals surface area contributed by atoms with Gasteiger partial charge in [0.1, 0.15) is 0 Å². The van der Waals surface area contributed by atoms with E-state index >= 15 is 0 Å².